The number of amides is 3. The van der Waals surface area contributed by atoms with Gasteiger partial charge < -0.3 is 31.5 Å². The molecule has 3 atom stereocenters. The van der Waals surface area contributed by atoms with Gasteiger partial charge in [-0.2, -0.15) is 0 Å². The Morgan fingerprint density at radius 1 is 1.03 bits per heavy atom. The van der Waals surface area contributed by atoms with Gasteiger partial charge in [0.2, 0.25) is 17.7 Å². The van der Waals surface area contributed by atoms with Crippen molar-refractivity contribution >= 4 is 29.7 Å². The molecule has 0 bridgehead atoms. The third-order valence-corrected chi connectivity index (χ3v) is 4.73. The highest BCUT2D eigenvalue weighted by molar-refractivity contribution is 5.93. The summed E-state index contributed by atoms with van der Waals surface area (Å²) < 4.78 is 0. The number of hydrogen-bond acceptors (Lipinski definition) is 6. The van der Waals surface area contributed by atoms with Gasteiger partial charge in [-0.3, -0.25) is 19.2 Å². The fourth-order valence-electron chi connectivity index (χ4n) is 3.15. The predicted octanol–water partition coefficient (Wildman–Crippen LogP) is -1.37. The van der Waals surface area contributed by atoms with Crippen molar-refractivity contribution in [3.8, 4) is 0 Å². The van der Waals surface area contributed by atoms with Crippen LogP contribution in [0.4, 0.5) is 0 Å². The molecule has 3 unspecified atom stereocenters. The quantitative estimate of drug-likeness (QED) is 0.247. The molecule has 1 aliphatic heterocycles. The third kappa shape index (κ3) is 8.05. The summed E-state index contributed by atoms with van der Waals surface area (Å²) in [5.74, 6) is -4.67. The first-order chi connectivity index (χ1) is 14.8. The predicted molar refractivity (Wildman–Crippen MR) is 108 cm³/mol. The maximum absolute atomic E-state index is 12.7. The monoisotopic (exact) mass is 434 g/mol. The maximum atomic E-state index is 12.7. The maximum Gasteiger partial charge on any atom is 0.326 e. The zero-order chi connectivity index (χ0) is 22.8. The standard InChI is InChI=1S/C20H26N4O7/c25-16(23-15(20(30)31)10-17(26)27)11-22-18(28)14(9-12-5-2-1-3-6-12)24-19(29)13-7-4-8-21-13/h1-3,5-6,13-15,21H,4,7-11H2,(H,22,28)(H,23,25)(H,24,29)(H,26,27)(H,30,31). The summed E-state index contributed by atoms with van der Waals surface area (Å²) >= 11 is 0. The van der Waals surface area contributed by atoms with Gasteiger partial charge >= 0.3 is 11.9 Å². The lowest BCUT2D eigenvalue weighted by molar-refractivity contribution is -0.147. The zero-order valence-electron chi connectivity index (χ0n) is 16.8. The lowest BCUT2D eigenvalue weighted by Crippen LogP contribution is -2.54. The van der Waals surface area contributed by atoms with E-state index in [-0.39, 0.29) is 18.4 Å². The summed E-state index contributed by atoms with van der Waals surface area (Å²) in [7, 11) is 0. The average Bonchev–Trinajstić information content (AvgIpc) is 3.26. The molecular weight excluding hydrogens is 408 g/mol. The summed E-state index contributed by atoms with van der Waals surface area (Å²) in [6.45, 7) is 0.153. The summed E-state index contributed by atoms with van der Waals surface area (Å²) in [5.41, 5.74) is 0.805. The minimum Gasteiger partial charge on any atom is -0.481 e. The fraction of sp³-hybridized carbons (Fsp3) is 0.450. The molecule has 11 nitrogen and oxygen atoms in total. The van der Waals surface area contributed by atoms with E-state index in [9.17, 15) is 24.0 Å². The van der Waals surface area contributed by atoms with Crippen LogP contribution in [0.25, 0.3) is 0 Å². The van der Waals surface area contributed by atoms with E-state index in [1.807, 2.05) is 11.4 Å². The summed E-state index contributed by atoms with van der Waals surface area (Å²) in [6.07, 6.45) is 0.919. The number of carbonyl (C=O) groups is 5. The van der Waals surface area contributed by atoms with Crippen LogP contribution in [0.1, 0.15) is 24.8 Å². The molecule has 0 aromatic heterocycles. The lowest BCUT2D eigenvalue weighted by Gasteiger charge is -2.21. The van der Waals surface area contributed by atoms with E-state index in [2.05, 4.69) is 16.0 Å². The first kappa shape index (κ1) is 23.8. The molecular formula is C20H26N4O7. The summed E-state index contributed by atoms with van der Waals surface area (Å²) in [6, 6.07) is 6.07. The molecule has 2 rings (SSSR count). The van der Waals surface area contributed by atoms with E-state index in [0.717, 1.165) is 18.5 Å². The number of carboxylic acids is 2. The van der Waals surface area contributed by atoms with E-state index < -0.39 is 48.8 Å². The summed E-state index contributed by atoms with van der Waals surface area (Å²) in [4.78, 5) is 58.9. The Kier molecular flexibility index (Phi) is 8.94. The zero-order valence-corrected chi connectivity index (χ0v) is 16.8. The number of hydrogen-bond donors (Lipinski definition) is 6. The Hall–Kier alpha value is -3.47. The van der Waals surface area contributed by atoms with E-state index in [1.165, 1.54) is 0 Å². The van der Waals surface area contributed by atoms with Crippen molar-refractivity contribution in [2.75, 3.05) is 13.1 Å². The Morgan fingerprint density at radius 3 is 2.32 bits per heavy atom. The second-order valence-corrected chi connectivity index (χ2v) is 7.17. The molecule has 1 aromatic carbocycles. The van der Waals surface area contributed by atoms with Gasteiger partial charge in [-0.15, -0.1) is 0 Å². The first-order valence-corrected chi connectivity index (χ1v) is 9.85. The van der Waals surface area contributed by atoms with Gasteiger partial charge in [0.1, 0.15) is 12.1 Å². The molecule has 168 valence electrons. The molecule has 6 N–H and O–H groups in total. The largest absolute Gasteiger partial charge is 0.481 e. The number of nitrogens with one attached hydrogen (secondary N) is 4. The Balaban J connectivity index is 1.97. The molecule has 11 heteroatoms. The smallest absolute Gasteiger partial charge is 0.326 e. The van der Waals surface area contributed by atoms with Crippen LogP contribution in [-0.4, -0.2) is 71.1 Å². The highest BCUT2D eigenvalue weighted by Crippen LogP contribution is 2.08. The molecule has 0 aliphatic carbocycles. The minimum absolute atomic E-state index is 0.198. The Bertz CT molecular complexity index is 809. The van der Waals surface area contributed by atoms with Crippen LogP contribution < -0.4 is 21.3 Å². The molecule has 0 spiro atoms. The van der Waals surface area contributed by atoms with E-state index in [4.69, 9.17) is 10.2 Å². The first-order valence-electron chi connectivity index (χ1n) is 9.85. The highest BCUT2D eigenvalue weighted by Gasteiger charge is 2.28. The molecule has 31 heavy (non-hydrogen) atoms. The van der Waals surface area contributed by atoms with E-state index in [0.29, 0.717) is 6.42 Å². The van der Waals surface area contributed by atoms with Gasteiger partial charge in [0.05, 0.1) is 19.0 Å². The SMILES string of the molecule is O=C(O)CC(NC(=O)CNC(=O)C(Cc1ccccc1)NC(=O)C1CCCN1)C(=O)O. The van der Waals surface area contributed by atoms with Crippen molar-refractivity contribution in [2.24, 2.45) is 0 Å². The van der Waals surface area contributed by atoms with Crippen molar-refractivity contribution < 1.29 is 34.2 Å². The molecule has 1 fully saturated rings. The van der Waals surface area contributed by atoms with Crippen molar-refractivity contribution in [1.82, 2.24) is 21.3 Å². The average molecular weight is 434 g/mol. The van der Waals surface area contributed by atoms with Crippen LogP contribution in [0.3, 0.4) is 0 Å². The van der Waals surface area contributed by atoms with Crippen molar-refractivity contribution in [1.29, 1.82) is 0 Å². The Morgan fingerprint density at radius 2 is 1.74 bits per heavy atom. The number of aliphatic carboxylic acids is 2. The number of carbonyl (C=O) groups excluding carboxylic acids is 3. The van der Waals surface area contributed by atoms with E-state index >= 15 is 0 Å². The van der Waals surface area contributed by atoms with Crippen LogP contribution >= 0.6 is 0 Å². The molecule has 0 radical (unpaired) electrons. The molecule has 1 aliphatic rings. The minimum atomic E-state index is -1.62. The highest BCUT2D eigenvalue weighted by atomic mass is 16.4. The van der Waals surface area contributed by atoms with Crippen molar-refractivity contribution in [2.45, 2.75) is 43.8 Å². The van der Waals surface area contributed by atoms with Gasteiger partial charge in [0, 0.05) is 6.42 Å². The van der Waals surface area contributed by atoms with Crippen LogP contribution in [-0.2, 0) is 30.4 Å². The summed E-state index contributed by atoms with van der Waals surface area (Å²) in [5, 5.41) is 27.9. The number of carboxylic acid groups (broad SMARTS) is 2. The normalized spacial score (nSPS) is 17.2. The van der Waals surface area contributed by atoms with Gasteiger partial charge in [-0.05, 0) is 24.9 Å². The van der Waals surface area contributed by atoms with E-state index in [1.54, 1.807) is 24.3 Å². The molecule has 3 amide bonds. The van der Waals surface area contributed by atoms with Crippen LogP contribution in [0, 0.1) is 0 Å². The van der Waals surface area contributed by atoms with Crippen LogP contribution in [0.5, 0.6) is 0 Å². The van der Waals surface area contributed by atoms with Gasteiger partial charge in [-0.25, -0.2) is 4.79 Å². The second-order valence-electron chi connectivity index (χ2n) is 7.17. The molecule has 1 heterocycles. The molecule has 1 saturated heterocycles. The number of benzene rings is 1. The van der Waals surface area contributed by atoms with Crippen LogP contribution in [0.2, 0.25) is 0 Å². The van der Waals surface area contributed by atoms with Crippen molar-refractivity contribution in [3.05, 3.63) is 35.9 Å². The van der Waals surface area contributed by atoms with Gasteiger partial charge in [0.25, 0.3) is 0 Å². The third-order valence-electron chi connectivity index (χ3n) is 4.73. The van der Waals surface area contributed by atoms with Gasteiger partial charge in [0.15, 0.2) is 0 Å². The molecule has 1 aromatic rings. The van der Waals surface area contributed by atoms with Gasteiger partial charge in [-0.1, -0.05) is 30.3 Å². The lowest BCUT2D eigenvalue weighted by atomic mass is 10.0. The fourth-order valence-corrected chi connectivity index (χ4v) is 3.15. The second kappa shape index (κ2) is 11.6. The topological polar surface area (TPSA) is 174 Å². The van der Waals surface area contributed by atoms with Crippen molar-refractivity contribution in [3.63, 3.8) is 0 Å². The molecule has 0 saturated carbocycles. The number of rotatable bonds is 11. The Labute approximate surface area is 178 Å². The van der Waals surface area contributed by atoms with Crippen LogP contribution in [0.15, 0.2) is 30.3 Å².